The normalized spacial score (nSPS) is 40.7. The Morgan fingerprint density at radius 3 is 2.68 bits per heavy atom. The monoisotopic (exact) mass is 472 g/mol. The Morgan fingerprint density at radius 2 is 1.94 bits per heavy atom. The molecular weight excluding hydrogens is 432 g/mol. The molecule has 34 heavy (non-hydrogen) atoms. The van der Waals surface area contributed by atoms with E-state index in [1.54, 1.807) is 12.2 Å². The Balaban J connectivity index is 1.48. The van der Waals surface area contributed by atoms with Crippen molar-refractivity contribution in [2.75, 3.05) is 6.61 Å². The zero-order valence-electron chi connectivity index (χ0n) is 20.8. The van der Waals surface area contributed by atoms with Gasteiger partial charge in [0.05, 0.1) is 6.10 Å². The first-order valence-corrected chi connectivity index (χ1v) is 13.1. The Bertz CT molecular complexity index is 905. The van der Waals surface area contributed by atoms with Crippen LogP contribution in [-0.2, 0) is 19.1 Å². The number of hydrogen-bond acceptors (Lipinski definition) is 6. The van der Waals surface area contributed by atoms with Gasteiger partial charge in [0.25, 0.3) is 0 Å². The van der Waals surface area contributed by atoms with Gasteiger partial charge in [-0.15, -0.1) is 0 Å². The van der Waals surface area contributed by atoms with Gasteiger partial charge in [0.2, 0.25) is 5.78 Å². The van der Waals surface area contributed by atoms with E-state index in [1.807, 2.05) is 13.0 Å². The largest absolute Gasteiger partial charge is 0.458 e. The van der Waals surface area contributed by atoms with Crippen molar-refractivity contribution in [3.05, 3.63) is 23.8 Å². The number of aliphatic hydroxyl groups excluding tert-OH is 1. The molecule has 7 atom stereocenters. The number of allylic oxidation sites excluding steroid dienone is 4. The van der Waals surface area contributed by atoms with Crippen LogP contribution in [0.3, 0.4) is 0 Å². The van der Waals surface area contributed by atoms with E-state index in [9.17, 15) is 24.6 Å². The molecule has 4 aliphatic rings. The minimum absolute atomic E-state index is 0.00168. The molecule has 3 fully saturated rings. The van der Waals surface area contributed by atoms with Crippen LogP contribution in [0.1, 0.15) is 85.0 Å². The van der Waals surface area contributed by atoms with Gasteiger partial charge in [0, 0.05) is 23.2 Å². The first-order valence-electron chi connectivity index (χ1n) is 13.1. The number of unbranched alkanes of at least 4 members (excludes halogenated alkanes) is 3. The quantitative estimate of drug-likeness (QED) is 0.408. The van der Waals surface area contributed by atoms with Gasteiger partial charge >= 0.3 is 5.97 Å². The minimum Gasteiger partial charge on any atom is -0.458 e. The summed E-state index contributed by atoms with van der Waals surface area (Å²) in [5.74, 6) is -0.652. The van der Waals surface area contributed by atoms with Crippen molar-refractivity contribution in [1.29, 1.82) is 0 Å². The molecule has 0 aromatic heterocycles. The number of hydrogen-bond donors (Lipinski definition) is 2. The van der Waals surface area contributed by atoms with Crippen molar-refractivity contribution < 1.29 is 29.3 Å². The highest BCUT2D eigenvalue weighted by atomic mass is 16.5. The number of carbonyl (C=O) groups is 3. The lowest BCUT2D eigenvalue weighted by atomic mass is 9.46. The van der Waals surface area contributed by atoms with Gasteiger partial charge in [-0.25, -0.2) is 0 Å². The molecule has 0 radical (unpaired) electrons. The third-order valence-corrected chi connectivity index (χ3v) is 9.71. The highest BCUT2D eigenvalue weighted by Crippen LogP contribution is 2.67. The molecule has 4 rings (SSSR count). The summed E-state index contributed by atoms with van der Waals surface area (Å²) in [7, 11) is 0. The van der Waals surface area contributed by atoms with Crippen LogP contribution >= 0.6 is 0 Å². The molecule has 3 saturated carbocycles. The second kappa shape index (κ2) is 9.34. The molecule has 0 spiro atoms. The van der Waals surface area contributed by atoms with Crippen molar-refractivity contribution in [3.63, 3.8) is 0 Å². The van der Waals surface area contributed by atoms with E-state index in [0.717, 1.165) is 44.1 Å². The summed E-state index contributed by atoms with van der Waals surface area (Å²) in [6.45, 7) is 5.73. The number of carbonyl (C=O) groups excluding carboxylic acids is 3. The summed E-state index contributed by atoms with van der Waals surface area (Å²) >= 11 is 0. The molecule has 0 amide bonds. The molecule has 2 N–H and O–H groups in total. The van der Waals surface area contributed by atoms with Crippen molar-refractivity contribution >= 4 is 17.5 Å². The molecule has 0 aliphatic heterocycles. The second-order valence-corrected chi connectivity index (χ2v) is 11.5. The van der Waals surface area contributed by atoms with Crippen LogP contribution in [0.15, 0.2) is 23.8 Å². The minimum atomic E-state index is -1.61. The molecule has 0 aromatic carbocycles. The van der Waals surface area contributed by atoms with E-state index >= 15 is 0 Å². The molecule has 6 heteroatoms. The maximum atomic E-state index is 13.2. The lowest BCUT2D eigenvalue weighted by Gasteiger charge is -2.59. The molecule has 0 heterocycles. The molecular formula is C28H40O6. The van der Waals surface area contributed by atoms with Crippen LogP contribution in [-0.4, -0.2) is 46.1 Å². The fourth-order valence-electron chi connectivity index (χ4n) is 7.82. The standard InChI is InChI=1S/C28H40O6/c1-4-5-6-7-8-24(32)34-17-23(31)28(33)14-12-21-20-10-9-18-15-19(29)11-13-26(18,2)25(20)22(30)16-27(21,28)3/h11,13,15,20-22,25,30,33H,4-10,12,14,16-17H2,1-3H3/t20-,21+,22-,25+,26-,27-,28-/m0/s1. The third-order valence-electron chi connectivity index (χ3n) is 9.71. The SMILES string of the molecule is CCCCCCC(=O)OCC(=O)[C@@]1(O)CC[C@@H]2[C@@H]3CCC4=CC(=O)C=C[C@]4(C)[C@H]3[C@@H](O)C[C@@]21C. The van der Waals surface area contributed by atoms with Gasteiger partial charge in [-0.05, 0) is 62.5 Å². The highest BCUT2D eigenvalue weighted by molar-refractivity contribution is 6.01. The number of fused-ring (bicyclic) bond motifs is 5. The van der Waals surface area contributed by atoms with Gasteiger partial charge in [-0.2, -0.15) is 0 Å². The Kier molecular flexibility index (Phi) is 6.96. The van der Waals surface area contributed by atoms with Crippen LogP contribution in [0.25, 0.3) is 0 Å². The maximum Gasteiger partial charge on any atom is 0.306 e. The van der Waals surface area contributed by atoms with Gasteiger partial charge in [-0.3, -0.25) is 14.4 Å². The summed E-state index contributed by atoms with van der Waals surface area (Å²) in [5.41, 5.74) is -1.68. The summed E-state index contributed by atoms with van der Waals surface area (Å²) in [6, 6.07) is 0. The fourth-order valence-corrected chi connectivity index (χ4v) is 7.82. The predicted molar refractivity (Wildman–Crippen MR) is 128 cm³/mol. The van der Waals surface area contributed by atoms with Gasteiger partial charge in [-0.1, -0.05) is 51.7 Å². The Morgan fingerprint density at radius 1 is 1.18 bits per heavy atom. The van der Waals surface area contributed by atoms with Crippen molar-refractivity contribution in [2.24, 2.45) is 28.6 Å². The van der Waals surface area contributed by atoms with E-state index in [0.29, 0.717) is 25.7 Å². The van der Waals surface area contributed by atoms with Crippen LogP contribution in [0.5, 0.6) is 0 Å². The number of Topliss-reactive ketones (excluding diaryl/α,β-unsaturated/α-hetero) is 1. The average Bonchev–Trinajstić information content (AvgIpc) is 3.06. The van der Waals surface area contributed by atoms with Gasteiger partial charge < -0.3 is 14.9 Å². The van der Waals surface area contributed by atoms with Crippen LogP contribution < -0.4 is 0 Å². The van der Waals surface area contributed by atoms with E-state index in [-0.39, 0.29) is 29.0 Å². The van der Waals surface area contributed by atoms with Crippen molar-refractivity contribution in [1.82, 2.24) is 0 Å². The smallest absolute Gasteiger partial charge is 0.306 e. The molecule has 188 valence electrons. The predicted octanol–water partition coefficient (Wildman–Crippen LogP) is 4.08. The fraction of sp³-hybridized carbons (Fsp3) is 0.750. The Hall–Kier alpha value is -1.79. The van der Waals surface area contributed by atoms with Crippen molar-refractivity contribution in [2.45, 2.75) is 96.7 Å². The summed E-state index contributed by atoms with van der Waals surface area (Å²) in [5, 5.41) is 23.1. The van der Waals surface area contributed by atoms with E-state index < -0.39 is 35.5 Å². The molecule has 6 nitrogen and oxygen atoms in total. The number of ketones is 2. The van der Waals surface area contributed by atoms with E-state index in [4.69, 9.17) is 4.74 Å². The average molecular weight is 473 g/mol. The van der Waals surface area contributed by atoms with Crippen molar-refractivity contribution in [3.8, 4) is 0 Å². The maximum absolute atomic E-state index is 13.2. The summed E-state index contributed by atoms with van der Waals surface area (Å²) < 4.78 is 5.26. The Labute approximate surface area is 202 Å². The van der Waals surface area contributed by atoms with Crippen LogP contribution in [0.2, 0.25) is 0 Å². The third kappa shape index (κ3) is 4.01. The van der Waals surface area contributed by atoms with Gasteiger partial charge in [0.15, 0.2) is 12.4 Å². The molecule has 0 aromatic rings. The zero-order chi connectivity index (χ0) is 24.7. The second-order valence-electron chi connectivity index (χ2n) is 11.5. The first kappa shape index (κ1) is 25.3. The topological polar surface area (TPSA) is 101 Å². The number of esters is 1. The molecule has 0 bridgehead atoms. The van der Waals surface area contributed by atoms with Gasteiger partial charge in [0.1, 0.15) is 5.60 Å². The molecule has 4 aliphatic carbocycles. The van der Waals surface area contributed by atoms with Crippen LogP contribution in [0.4, 0.5) is 0 Å². The highest BCUT2D eigenvalue weighted by Gasteiger charge is 2.68. The lowest BCUT2D eigenvalue weighted by molar-refractivity contribution is -0.181. The number of aliphatic hydroxyl groups is 2. The lowest BCUT2D eigenvalue weighted by Crippen LogP contribution is -2.61. The van der Waals surface area contributed by atoms with E-state index in [1.165, 1.54) is 0 Å². The number of ether oxygens (including phenoxy) is 1. The molecule has 0 unspecified atom stereocenters. The number of rotatable bonds is 8. The first-order chi connectivity index (χ1) is 16.1. The molecule has 0 saturated heterocycles. The van der Waals surface area contributed by atoms with E-state index in [2.05, 4.69) is 13.8 Å². The zero-order valence-corrected chi connectivity index (χ0v) is 20.8. The summed E-state index contributed by atoms with van der Waals surface area (Å²) in [4.78, 5) is 37.3. The van der Waals surface area contributed by atoms with Crippen LogP contribution in [0, 0.1) is 28.6 Å². The summed E-state index contributed by atoms with van der Waals surface area (Å²) in [6.07, 6.45) is 11.7.